The second kappa shape index (κ2) is 8.26. The third-order valence-corrected chi connectivity index (χ3v) is 7.37. The number of hydrogen-bond donors (Lipinski definition) is 0. The molecule has 33 heavy (non-hydrogen) atoms. The molecule has 4 rings (SSSR count). The van der Waals surface area contributed by atoms with Gasteiger partial charge in [-0.25, -0.2) is 18.1 Å². The molecule has 0 saturated carbocycles. The number of nitrogens with zero attached hydrogens (tertiary/aromatic N) is 6. The molecule has 1 aliphatic heterocycles. The number of halogens is 3. The van der Waals surface area contributed by atoms with E-state index in [0.717, 1.165) is 10.5 Å². The van der Waals surface area contributed by atoms with Gasteiger partial charge in [0.15, 0.2) is 17.3 Å². The van der Waals surface area contributed by atoms with Crippen LogP contribution in [-0.2, 0) is 16.2 Å². The number of carbonyl (C=O) groups is 1. The fraction of sp³-hybridized carbons (Fsp3) is 0.368. The van der Waals surface area contributed by atoms with Crippen LogP contribution in [0.25, 0.3) is 5.82 Å². The number of rotatable bonds is 4. The van der Waals surface area contributed by atoms with E-state index >= 15 is 0 Å². The van der Waals surface area contributed by atoms with E-state index in [1.807, 2.05) is 0 Å². The van der Waals surface area contributed by atoms with Gasteiger partial charge in [-0.05, 0) is 26.0 Å². The SMILES string of the molecule is Cc1noc(C)c1S(=O)(=O)N1CCN(C(=O)c2cnn(-c3ccccn3)c2C(F)(F)F)CC1. The highest BCUT2D eigenvalue weighted by Crippen LogP contribution is 2.34. The molecule has 0 atom stereocenters. The number of hydrogen-bond acceptors (Lipinski definition) is 7. The third kappa shape index (κ3) is 4.11. The van der Waals surface area contributed by atoms with Gasteiger partial charge in [0.2, 0.25) is 10.0 Å². The highest BCUT2D eigenvalue weighted by molar-refractivity contribution is 7.89. The van der Waals surface area contributed by atoms with E-state index in [1.165, 1.54) is 37.1 Å². The normalized spacial score (nSPS) is 15.7. The molecule has 0 radical (unpaired) electrons. The number of alkyl halides is 3. The summed E-state index contributed by atoms with van der Waals surface area (Å²) in [6, 6.07) is 4.39. The van der Waals surface area contributed by atoms with Gasteiger partial charge in [-0.1, -0.05) is 11.2 Å². The Balaban J connectivity index is 1.57. The number of pyridine rings is 1. The number of amides is 1. The van der Waals surface area contributed by atoms with Gasteiger partial charge in [-0.2, -0.15) is 22.6 Å². The summed E-state index contributed by atoms with van der Waals surface area (Å²) in [6.45, 7) is 2.62. The summed E-state index contributed by atoms with van der Waals surface area (Å²) in [6.07, 6.45) is -2.70. The van der Waals surface area contributed by atoms with Crippen LogP contribution in [0.5, 0.6) is 0 Å². The predicted molar refractivity (Wildman–Crippen MR) is 107 cm³/mol. The molecule has 3 aromatic heterocycles. The average molecular weight is 484 g/mol. The van der Waals surface area contributed by atoms with Crippen LogP contribution in [0.15, 0.2) is 40.0 Å². The van der Waals surface area contributed by atoms with Crippen LogP contribution in [0.2, 0.25) is 0 Å². The first-order valence-corrected chi connectivity index (χ1v) is 11.2. The van der Waals surface area contributed by atoms with Crippen molar-refractivity contribution in [2.24, 2.45) is 0 Å². The van der Waals surface area contributed by atoms with Crippen LogP contribution >= 0.6 is 0 Å². The fourth-order valence-electron chi connectivity index (χ4n) is 3.70. The van der Waals surface area contributed by atoms with E-state index in [9.17, 15) is 26.4 Å². The fourth-order valence-corrected chi connectivity index (χ4v) is 5.42. The summed E-state index contributed by atoms with van der Waals surface area (Å²) in [7, 11) is -3.92. The van der Waals surface area contributed by atoms with Gasteiger partial charge in [-0.3, -0.25) is 4.79 Å². The zero-order valence-electron chi connectivity index (χ0n) is 17.6. The van der Waals surface area contributed by atoms with Crippen LogP contribution in [-0.4, -0.2) is 69.6 Å². The Hall–Kier alpha value is -3.26. The largest absolute Gasteiger partial charge is 0.434 e. The predicted octanol–water partition coefficient (Wildman–Crippen LogP) is 2.04. The second-order valence-electron chi connectivity index (χ2n) is 7.35. The Morgan fingerprint density at radius 1 is 1.12 bits per heavy atom. The number of aromatic nitrogens is 4. The van der Waals surface area contributed by atoms with Crippen LogP contribution in [0.4, 0.5) is 13.2 Å². The molecule has 0 N–H and O–H groups in total. The molecular formula is C19H19F3N6O4S. The quantitative estimate of drug-likeness (QED) is 0.557. The number of piperazine rings is 1. The monoisotopic (exact) mass is 484 g/mol. The molecular weight excluding hydrogens is 465 g/mol. The van der Waals surface area contributed by atoms with Crippen molar-refractivity contribution in [2.45, 2.75) is 24.9 Å². The Labute approximate surface area is 186 Å². The van der Waals surface area contributed by atoms with E-state index in [2.05, 4.69) is 15.2 Å². The number of aryl methyl sites for hydroxylation is 2. The van der Waals surface area contributed by atoms with Gasteiger partial charge in [-0.15, -0.1) is 0 Å². The van der Waals surface area contributed by atoms with Gasteiger partial charge in [0, 0.05) is 32.4 Å². The zero-order valence-corrected chi connectivity index (χ0v) is 18.4. The van der Waals surface area contributed by atoms with Crippen molar-refractivity contribution in [3.05, 3.63) is 53.3 Å². The van der Waals surface area contributed by atoms with Crippen molar-refractivity contribution in [2.75, 3.05) is 26.2 Å². The van der Waals surface area contributed by atoms with E-state index < -0.39 is 33.4 Å². The summed E-state index contributed by atoms with van der Waals surface area (Å²) in [5.41, 5.74) is -1.66. The Morgan fingerprint density at radius 3 is 2.36 bits per heavy atom. The summed E-state index contributed by atoms with van der Waals surface area (Å²) in [5.74, 6) is -0.832. The van der Waals surface area contributed by atoms with Crippen molar-refractivity contribution in [1.82, 2.24) is 29.1 Å². The van der Waals surface area contributed by atoms with Crippen LogP contribution in [0, 0.1) is 13.8 Å². The molecule has 0 unspecified atom stereocenters. The minimum Gasteiger partial charge on any atom is -0.360 e. The molecule has 0 aliphatic carbocycles. The van der Waals surface area contributed by atoms with E-state index in [4.69, 9.17) is 4.52 Å². The minimum atomic E-state index is -4.87. The van der Waals surface area contributed by atoms with Crippen LogP contribution < -0.4 is 0 Å². The van der Waals surface area contributed by atoms with Crippen LogP contribution in [0.3, 0.4) is 0 Å². The number of carbonyl (C=O) groups excluding carboxylic acids is 1. The first kappa shape index (κ1) is 22.9. The smallest absolute Gasteiger partial charge is 0.360 e. The zero-order chi connectivity index (χ0) is 24.0. The molecule has 0 bridgehead atoms. The van der Waals surface area contributed by atoms with E-state index in [0.29, 0.717) is 4.68 Å². The molecule has 1 amide bonds. The van der Waals surface area contributed by atoms with E-state index in [1.54, 1.807) is 6.07 Å². The second-order valence-corrected chi connectivity index (χ2v) is 9.23. The lowest BCUT2D eigenvalue weighted by Gasteiger charge is -2.34. The first-order chi connectivity index (χ1) is 15.5. The molecule has 4 heterocycles. The van der Waals surface area contributed by atoms with Gasteiger partial charge >= 0.3 is 6.18 Å². The lowest BCUT2D eigenvalue weighted by atomic mass is 10.2. The lowest BCUT2D eigenvalue weighted by Crippen LogP contribution is -2.50. The summed E-state index contributed by atoms with van der Waals surface area (Å²) in [5, 5.41) is 7.39. The van der Waals surface area contributed by atoms with Gasteiger partial charge in [0.1, 0.15) is 10.6 Å². The van der Waals surface area contributed by atoms with Crippen molar-refractivity contribution in [3.8, 4) is 5.82 Å². The molecule has 14 heteroatoms. The third-order valence-electron chi connectivity index (χ3n) is 5.23. The highest BCUT2D eigenvalue weighted by Gasteiger charge is 2.42. The van der Waals surface area contributed by atoms with Crippen molar-refractivity contribution >= 4 is 15.9 Å². The Bertz CT molecular complexity index is 1260. The van der Waals surface area contributed by atoms with Crippen molar-refractivity contribution < 1.29 is 30.9 Å². The van der Waals surface area contributed by atoms with Gasteiger partial charge < -0.3 is 9.42 Å². The molecule has 3 aromatic rings. The van der Waals surface area contributed by atoms with Gasteiger partial charge in [0.05, 0.1) is 11.8 Å². The first-order valence-electron chi connectivity index (χ1n) is 9.80. The topological polar surface area (TPSA) is 114 Å². The Morgan fingerprint density at radius 2 is 1.82 bits per heavy atom. The summed E-state index contributed by atoms with van der Waals surface area (Å²) in [4.78, 5) is 18.0. The molecule has 1 aliphatic rings. The standard InChI is InChI=1S/C19H19F3N6O4S/c1-12-16(13(2)32-25-12)33(30,31)27-9-7-26(8-10-27)18(29)14-11-24-28(17(14)19(20,21)22)15-5-3-4-6-23-15/h3-6,11H,7-10H2,1-2H3. The number of sulfonamides is 1. The van der Waals surface area contributed by atoms with Gasteiger partial charge in [0.25, 0.3) is 5.91 Å². The summed E-state index contributed by atoms with van der Waals surface area (Å²) >= 11 is 0. The Kier molecular flexibility index (Phi) is 5.74. The van der Waals surface area contributed by atoms with Crippen molar-refractivity contribution in [1.29, 1.82) is 0 Å². The maximum absolute atomic E-state index is 13.8. The van der Waals surface area contributed by atoms with Crippen molar-refractivity contribution in [3.63, 3.8) is 0 Å². The average Bonchev–Trinajstić information content (AvgIpc) is 3.37. The van der Waals surface area contributed by atoms with E-state index in [-0.39, 0.29) is 48.3 Å². The lowest BCUT2D eigenvalue weighted by molar-refractivity contribution is -0.143. The van der Waals surface area contributed by atoms with Crippen LogP contribution in [0.1, 0.15) is 27.5 Å². The molecule has 0 aromatic carbocycles. The molecule has 1 fully saturated rings. The highest BCUT2D eigenvalue weighted by atomic mass is 32.2. The maximum Gasteiger partial charge on any atom is 0.434 e. The molecule has 176 valence electrons. The molecule has 1 saturated heterocycles. The minimum absolute atomic E-state index is 0.0433. The summed E-state index contributed by atoms with van der Waals surface area (Å²) < 4.78 is 74.1. The maximum atomic E-state index is 13.8. The molecule has 10 nitrogen and oxygen atoms in total. The molecule has 0 spiro atoms.